The van der Waals surface area contributed by atoms with Crippen LogP contribution in [0.3, 0.4) is 0 Å². The van der Waals surface area contributed by atoms with Gasteiger partial charge in [0.2, 0.25) is 0 Å². The maximum absolute atomic E-state index is 12.9. The number of amides is 1. The maximum atomic E-state index is 12.9. The van der Waals surface area contributed by atoms with Gasteiger partial charge in [-0.3, -0.25) is 9.10 Å². The molecule has 0 saturated carbocycles. The van der Waals surface area contributed by atoms with Crippen LogP contribution >= 0.6 is 0 Å². The Kier molecular flexibility index (Phi) is 6.91. The molecule has 0 aliphatic carbocycles. The second-order valence-electron chi connectivity index (χ2n) is 6.97. The van der Waals surface area contributed by atoms with Gasteiger partial charge in [-0.2, -0.15) is 0 Å². The minimum Gasteiger partial charge on any atom is -0.484 e. The van der Waals surface area contributed by atoms with Gasteiger partial charge in [-0.1, -0.05) is 29.8 Å². The van der Waals surface area contributed by atoms with Crippen LogP contribution in [0, 0.1) is 12.7 Å². The zero-order chi connectivity index (χ0) is 22.4. The molecular weight excluding hydrogens is 419 g/mol. The maximum Gasteiger partial charge on any atom is 0.264 e. The SMILES string of the molecule is Cc1ccc(S(=O)(=O)N(C)c2ccc(OCC(=O)NCc3ccc(F)cc3)cc2)cc1. The van der Waals surface area contributed by atoms with Crippen LogP contribution < -0.4 is 14.4 Å². The van der Waals surface area contributed by atoms with Crippen molar-refractivity contribution in [1.29, 1.82) is 0 Å². The second kappa shape index (κ2) is 9.61. The lowest BCUT2D eigenvalue weighted by molar-refractivity contribution is -0.123. The Balaban J connectivity index is 1.55. The van der Waals surface area contributed by atoms with E-state index in [2.05, 4.69) is 5.32 Å². The van der Waals surface area contributed by atoms with Crippen molar-refractivity contribution in [2.24, 2.45) is 0 Å². The van der Waals surface area contributed by atoms with Crippen LogP contribution in [0.1, 0.15) is 11.1 Å². The highest BCUT2D eigenvalue weighted by atomic mass is 32.2. The lowest BCUT2D eigenvalue weighted by Gasteiger charge is -2.20. The number of carbonyl (C=O) groups excluding carboxylic acids is 1. The molecular formula is C23H23FN2O4S. The number of ether oxygens (including phenoxy) is 1. The number of anilines is 1. The van der Waals surface area contributed by atoms with Crippen molar-refractivity contribution >= 4 is 21.6 Å². The van der Waals surface area contributed by atoms with Crippen LogP contribution in [0.2, 0.25) is 0 Å². The summed E-state index contributed by atoms with van der Waals surface area (Å²) in [6, 6.07) is 18.9. The first kappa shape index (κ1) is 22.3. The number of carbonyl (C=O) groups is 1. The Hall–Kier alpha value is -3.39. The van der Waals surface area contributed by atoms with E-state index in [4.69, 9.17) is 4.74 Å². The second-order valence-corrected chi connectivity index (χ2v) is 8.94. The molecule has 0 atom stereocenters. The number of halogens is 1. The minimum absolute atomic E-state index is 0.196. The summed E-state index contributed by atoms with van der Waals surface area (Å²) in [7, 11) is -2.20. The third-order valence-electron chi connectivity index (χ3n) is 4.65. The fourth-order valence-electron chi connectivity index (χ4n) is 2.76. The molecule has 1 amide bonds. The summed E-state index contributed by atoms with van der Waals surface area (Å²) in [4.78, 5) is 12.2. The highest BCUT2D eigenvalue weighted by molar-refractivity contribution is 7.92. The third kappa shape index (κ3) is 5.82. The van der Waals surface area contributed by atoms with E-state index in [0.717, 1.165) is 11.1 Å². The van der Waals surface area contributed by atoms with Crippen molar-refractivity contribution in [2.75, 3.05) is 18.0 Å². The van der Waals surface area contributed by atoms with E-state index in [1.54, 1.807) is 60.7 Å². The molecule has 0 aliphatic rings. The van der Waals surface area contributed by atoms with Crippen LogP contribution in [0.25, 0.3) is 0 Å². The fourth-order valence-corrected chi connectivity index (χ4v) is 3.96. The number of benzene rings is 3. The summed E-state index contributed by atoms with van der Waals surface area (Å²) in [5.74, 6) is -0.228. The van der Waals surface area contributed by atoms with Crippen LogP contribution in [0.4, 0.5) is 10.1 Å². The van der Waals surface area contributed by atoms with Crippen molar-refractivity contribution in [3.05, 3.63) is 89.7 Å². The molecule has 0 bridgehead atoms. The Bertz CT molecular complexity index is 1130. The standard InChI is InChI=1S/C23H23FN2O4S/c1-17-3-13-22(14-4-17)31(28,29)26(2)20-9-11-21(12-10-20)30-16-23(27)25-15-18-5-7-19(24)8-6-18/h3-14H,15-16H2,1-2H3,(H,25,27). The van der Waals surface area contributed by atoms with Crippen LogP contribution in [0.15, 0.2) is 77.7 Å². The van der Waals surface area contributed by atoms with E-state index < -0.39 is 10.0 Å². The molecule has 8 heteroatoms. The quantitative estimate of drug-likeness (QED) is 0.578. The number of nitrogens with one attached hydrogen (secondary N) is 1. The van der Waals surface area contributed by atoms with Gasteiger partial charge in [0.15, 0.2) is 6.61 Å². The monoisotopic (exact) mass is 442 g/mol. The van der Waals surface area contributed by atoms with Crippen molar-refractivity contribution in [1.82, 2.24) is 5.32 Å². The molecule has 0 spiro atoms. The van der Waals surface area contributed by atoms with Gasteiger partial charge in [-0.05, 0) is 61.0 Å². The summed E-state index contributed by atoms with van der Waals surface area (Å²) in [6.07, 6.45) is 0. The smallest absolute Gasteiger partial charge is 0.264 e. The van der Waals surface area contributed by atoms with Crippen molar-refractivity contribution < 1.29 is 22.3 Å². The number of hydrogen-bond donors (Lipinski definition) is 1. The van der Waals surface area contributed by atoms with E-state index >= 15 is 0 Å². The predicted octanol–water partition coefficient (Wildman–Crippen LogP) is 3.65. The summed E-state index contributed by atoms with van der Waals surface area (Å²) in [5, 5.41) is 2.69. The first-order valence-corrected chi connectivity index (χ1v) is 11.0. The molecule has 3 aromatic carbocycles. The van der Waals surface area contributed by atoms with Crippen molar-refractivity contribution in [3.8, 4) is 5.75 Å². The summed E-state index contributed by atoms with van der Waals surface area (Å²) in [6.45, 7) is 1.96. The topological polar surface area (TPSA) is 75.7 Å². The summed E-state index contributed by atoms with van der Waals surface area (Å²) >= 11 is 0. The zero-order valence-electron chi connectivity index (χ0n) is 17.2. The normalized spacial score (nSPS) is 11.1. The Morgan fingerprint density at radius 3 is 2.19 bits per heavy atom. The average Bonchev–Trinajstić information content (AvgIpc) is 2.77. The van der Waals surface area contributed by atoms with Crippen molar-refractivity contribution in [3.63, 3.8) is 0 Å². The van der Waals surface area contributed by atoms with E-state index in [0.29, 0.717) is 11.4 Å². The number of rotatable bonds is 8. The Morgan fingerprint density at radius 2 is 1.58 bits per heavy atom. The highest BCUT2D eigenvalue weighted by Crippen LogP contribution is 2.24. The van der Waals surface area contributed by atoms with E-state index in [9.17, 15) is 17.6 Å². The van der Waals surface area contributed by atoms with Crippen LogP contribution in [-0.4, -0.2) is 28.0 Å². The molecule has 0 aromatic heterocycles. The first-order valence-electron chi connectivity index (χ1n) is 9.55. The number of nitrogens with zero attached hydrogens (tertiary/aromatic N) is 1. The average molecular weight is 443 g/mol. The molecule has 3 rings (SSSR count). The van der Waals surface area contributed by atoms with E-state index in [1.165, 1.54) is 23.5 Å². The molecule has 0 heterocycles. The number of hydrogen-bond acceptors (Lipinski definition) is 4. The fraction of sp³-hybridized carbons (Fsp3) is 0.174. The van der Waals surface area contributed by atoms with Crippen molar-refractivity contribution in [2.45, 2.75) is 18.4 Å². The highest BCUT2D eigenvalue weighted by Gasteiger charge is 2.21. The molecule has 3 aromatic rings. The molecule has 0 aliphatic heterocycles. The number of aryl methyl sites for hydroxylation is 1. The van der Waals surface area contributed by atoms with E-state index in [1.807, 2.05) is 6.92 Å². The molecule has 0 radical (unpaired) electrons. The van der Waals surface area contributed by atoms with Gasteiger partial charge in [-0.15, -0.1) is 0 Å². The van der Waals surface area contributed by atoms with Gasteiger partial charge in [0.05, 0.1) is 10.6 Å². The molecule has 6 nitrogen and oxygen atoms in total. The Labute approximate surface area is 181 Å². The zero-order valence-corrected chi connectivity index (χ0v) is 18.0. The largest absolute Gasteiger partial charge is 0.484 e. The molecule has 31 heavy (non-hydrogen) atoms. The van der Waals surface area contributed by atoms with Crippen LogP contribution in [0.5, 0.6) is 5.75 Å². The Morgan fingerprint density at radius 1 is 0.968 bits per heavy atom. The first-order chi connectivity index (χ1) is 14.8. The van der Waals surface area contributed by atoms with Gasteiger partial charge in [0.25, 0.3) is 15.9 Å². The van der Waals surface area contributed by atoms with Gasteiger partial charge < -0.3 is 10.1 Å². The lowest BCUT2D eigenvalue weighted by Crippen LogP contribution is -2.28. The lowest BCUT2D eigenvalue weighted by atomic mass is 10.2. The van der Waals surface area contributed by atoms with Gasteiger partial charge in [0.1, 0.15) is 11.6 Å². The minimum atomic E-state index is -3.68. The van der Waals surface area contributed by atoms with Gasteiger partial charge in [-0.25, -0.2) is 12.8 Å². The molecule has 0 unspecified atom stereocenters. The molecule has 162 valence electrons. The van der Waals surface area contributed by atoms with Gasteiger partial charge >= 0.3 is 0 Å². The summed E-state index contributed by atoms with van der Waals surface area (Å²) < 4.78 is 45.1. The molecule has 1 N–H and O–H groups in total. The molecule has 0 saturated heterocycles. The summed E-state index contributed by atoms with van der Waals surface area (Å²) in [5.41, 5.74) is 2.22. The van der Waals surface area contributed by atoms with Gasteiger partial charge in [0, 0.05) is 13.6 Å². The predicted molar refractivity (Wildman–Crippen MR) is 117 cm³/mol. The van der Waals surface area contributed by atoms with E-state index in [-0.39, 0.29) is 29.8 Å². The van der Waals surface area contributed by atoms with Crippen LogP contribution in [-0.2, 0) is 21.4 Å². The molecule has 0 fully saturated rings. The third-order valence-corrected chi connectivity index (χ3v) is 6.45. The number of sulfonamides is 1.